The maximum absolute atomic E-state index is 13.2. The maximum Gasteiger partial charge on any atom is 0.243 e. The molecule has 5 nitrogen and oxygen atoms in total. The van der Waals surface area contributed by atoms with Gasteiger partial charge in [-0.05, 0) is 49.9 Å². The van der Waals surface area contributed by atoms with Crippen molar-refractivity contribution in [2.24, 2.45) is 5.92 Å². The number of hydrogen-bond acceptors (Lipinski definition) is 3. The summed E-state index contributed by atoms with van der Waals surface area (Å²) >= 11 is 0. The highest BCUT2D eigenvalue weighted by Gasteiger charge is 2.33. The van der Waals surface area contributed by atoms with Crippen molar-refractivity contribution in [3.8, 4) is 0 Å². The molecule has 1 fully saturated rings. The van der Waals surface area contributed by atoms with Crippen molar-refractivity contribution in [2.45, 2.75) is 37.6 Å². The van der Waals surface area contributed by atoms with E-state index in [0.717, 1.165) is 22.3 Å². The van der Waals surface area contributed by atoms with Gasteiger partial charge in [-0.1, -0.05) is 77.9 Å². The van der Waals surface area contributed by atoms with Crippen molar-refractivity contribution in [1.82, 2.24) is 9.62 Å². The molecule has 0 aliphatic carbocycles. The summed E-state index contributed by atoms with van der Waals surface area (Å²) in [4.78, 5) is 13.5. The summed E-state index contributed by atoms with van der Waals surface area (Å²) in [5.41, 5.74) is 4.22. The van der Waals surface area contributed by atoms with Crippen molar-refractivity contribution >= 4 is 15.9 Å². The van der Waals surface area contributed by atoms with Crippen LogP contribution in [0.2, 0.25) is 0 Å². The van der Waals surface area contributed by atoms with Crippen LogP contribution in [0, 0.1) is 19.8 Å². The third-order valence-electron chi connectivity index (χ3n) is 6.28. The van der Waals surface area contributed by atoms with E-state index < -0.39 is 10.0 Å². The van der Waals surface area contributed by atoms with Crippen LogP contribution in [0.15, 0.2) is 83.8 Å². The molecule has 6 heteroatoms. The molecule has 3 aromatic carbocycles. The van der Waals surface area contributed by atoms with Gasteiger partial charge in [-0.2, -0.15) is 4.31 Å². The summed E-state index contributed by atoms with van der Waals surface area (Å²) in [6.45, 7) is 4.65. The van der Waals surface area contributed by atoms with Crippen LogP contribution in [0.1, 0.15) is 41.1 Å². The van der Waals surface area contributed by atoms with E-state index >= 15 is 0 Å². The molecule has 0 bridgehead atoms. The highest BCUT2D eigenvalue weighted by atomic mass is 32.2. The lowest BCUT2D eigenvalue weighted by Crippen LogP contribution is -2.43. The van der Waals surface area contributed by atoms with Gasteiger partial charge >= 0.3 is 0 Å². The predicted molar refractivity (Wildman–Crippen MR) is 130 cm³/mol. The second kappa shape index (κ2) is 9.89. The molecule has 0 aromatic heterocycles. The van der Waals surface area contributed by atoms with Crippen LogP contribution in [-0.2, 0) is 14.8 Å². The molecule has 0 spiro atoms. The van der Waals surface area contributed by atoms with Gasteiger partial charge in [0.15, 0.2) is 0 Å². The van der Waals surface area contributed by atoms with E-state index in [4.69, 9.17) is 0 Å². The van der Waals surface area contributed by atoms with Crippen LogP contribution in [0.3, 0.4) is 0 Å². The van der Waals surface area contributed by atoms with Crippen molar-refractivity contribution in [2.75, 3.05) is 13.1 Å². The van der Waals surface area contributed by atoms with E-state index in [1.54, 1.807) is 12.1 Å². The number of rotatable bonds is 6. The van der Waals surface area contributed by atoms with Gasteiger partial charge in [-0.15, -0.1) is 0 Å². The van der Waals surface area contributed by atoms with E-state index in [1.807, 2.05) is 74.5 Å². The van der Waals surface area contributed by atoms with Crippen molar-refractivity contribution < 1.29 is 13.2 Å². The van der Waals surface area contributed by atoms with Gasteiger partial charge in [0.05, 0.1) is 10.9 Å². The summed E-state index contributed by atoms with van der Waals surface area (Å²) in [6, 6.07) is 24.8. The Bertz CT molecular complexity index is 1200. The molecule has 1 unspecified atom stereocenters. The Balaban J connectivity index is 1.45. The SMILES string of the molecule is Cc1ccc(S(=O)(=O)N2CCC(C(=O)NC(c3ccccc3)c3cccc(C)c3)CC2)cc1. The Labute approximate surface area is 196 Å². The fraction of sp³-hybridized carbons (Fsp3) is 0.296. The molecule has 1 aliphatic rings. The topological polar surface area (TPSA) is 66.5 Å². The number of piperidine rings is 1. The molecular formula is C27H30N2O3S. The zero-order chi connectivity index (χ0) is 23.4. The van der Waals surface area contributed by atoms with Gasteiger partial charge in [0, 0.05) is 19.0 Å². The third kappa shape index (κ3) is 5.34. The van der Waals surface area contributed by atoms with Crippen molar-refractivity contribution in [3.05, 3.63) is 101 Å². The van der Waals surface area contributed by atoms with E-state index in [9.17, 15) is 13.2 Å². The number of aryl methyl sites for hydroxylation is 2. The second-order valence-electron chi connectivity index (χ2n) is 8.76. The number of amides is 1. The first kappa shape index (κ1) is 23.2. The van der Waals surface area contributed by atoms with Gasteiger partial charge in [0.25, 0.3) is 0 Å². The minimum atomic E-state index is -3.54. The average Bonchev–Trinajstić information content (AvgIpc) is 2.83. The van der Waals surface area contributed by atoms with E-state index in [0.29, 0.717) is 30.8 Å². The predicted octanol–water partition coefficient (Wildman–Crippen LogP) is 4.61. The number of nitrogens with one attached hydrogen (secondary N) is 1. The molecule has 1 N–H and O–H groups in total. The highest BCUT2D eigenvalue weighted by Crippen LogP contribution is 2.27. The number of benzene rings is 3. The molecule has 33 heavy (non-hydrogen) atoms. The molecule has 0 saturated carbocycles. The quantitative estimate of drug-likeness (QED) is 0.582. The van der Waals surface area contributed by atoms with Gasteiger partial charge < -0.3 is 5.32 Å². The largest absolute Gasteiger partial charge is 0.345 e. The molecule has 0 radical (unpaired) electrons. The molecule has 1 atom stereocenters. The first-order valence-corrected chi connectivity index (χ1v) is 12.8. The number of sulfonamides is 1. The summed E-state index contributed by atoms with van der Waals surface area (Å²) in [5, 5.41) is 3.23. The molecule has 172 valence electrons. The zero-order valence-electron chi connectivity index (χ0n) is 19.1. The fourth-order valence-corrected chi connectivity index (χ4v) is 5.80. The second-order valence-corrected chi connectivity index (χ2v) is 10.7. The summed E-state index contributed by atoms with van der Waals surface area (Å²) in [5.74, 6) is -0.247. The third-order valence-corrected chi connectivity index (χ3v) is 8.19. The Morgan fingerprint density at radius 2 is 1.48 bits per heavy atom. The normalized spacial score (nSPS) is 16.3. The van der Waals surface area contributed by atoms with E-state index in [-0.39, 0.29) is 17.9 Å². The number of nitrogens with zero attached hydrogens (tertiary/aromatic N) is 1. The Morgan fingerprint density at radius 1 is 0.848 bits per heavy atom. The standard InChI is InChI=1S/C27H30N2O3S/c1-20-11-13-25(14-12-20)33(31,32)29-17-15-23(16-18-29)27(30)28-26(22-8-4-3-5-9-22)24-10-6-7-21(2)19-24/h3-14,19,23,26H,15-18H2,1-2H3,(H,28,30). The van der Waals surface area contributed by atoms with Crippen LogP contribution in [0.25, 0.3) is 0 Å². The summed E-state index contributed by atoms with van der Waals surface area (Å²) in [7, 11) is -3.54. The van der Waals surface area contributed by atoms with E-state index in [2.05, 4.69) is 11.4 Å². The highest BCUT2D eigenvalue weighted by molar-refractivity contribution is 7.89. The Hall–Kier alpha value is -2.96. The van der Waals surface area contributed by atoms with Crippen LogP contribution in [0.5, 0.6) is 0 Å². The zero-order valence-corrected chi connectivity index (χ0v) is 19.9. The molecule has 1 amide bonds. The lowest BCUT2D eigenvalue weighted by Gasteiger charge is -2.31. The minimum Gasteiger partial charge on any atom is -0.345 e. The van der Waals surface area contributed by atoms with Crippen LogP contribution in [-0.4, -0.2) is 31.7 Å². The molecule has 1 saturated heterocycles. The van der Waals surface area contributed by atoms with Crippen LogP contribution < -0.4 is 5.32 Å². The molecule has 1 aliphatic heterocycles. The van der Waals surface area contributed by atoms with Gasteiger partial charge in [-0.3, -0.25) is 4.79 Å². The molecule has 4 rings (SSSR count). The number of hydrogen-bond donors (Lipinski definition) is 1. The monoisotopic (exact) mass is 462 g/mol. The van der Waals surface area contributed by atoms with Gasteiger partial charge in [-0.25, -0.2) is 8.42 Å². The summed E-state index contributed by atoms with van der Waals surface area (Å²) < 4.78 is 27.5. The fourth-order valence-electron chi connectivity index (χ4n) is 4.33. The Kier molecular flexibility index (Phi) is 6.96. The van der Waals surface area contributed by atoms with Crippen molar-refractivity contribution in [3.63, 3.8) is 0 Å². The molecule has 3 aromatic rings. The van der Waals surface area contributed by atoms with Crippen molar-refractivity contribution in [1.29, 1.82) is 0 Å². The average molecular weight is 463 g/mol. The lowest BCUT2D eigenvalue weighted by atomic mass is 9.93. The first-order valence-electron chi connectivity index (χ1n) is 11.3. The molecule has 1 heterocycles. The summed E-state index contributed by atoms with van der Waals surface area (Å²) in [6.07, 6.45) is 1.01. The number of carbonyl (C=O) groups excluding carboxylic acids is 1. The van der Waals surface area contributed by atoms with E-state index in [1.165, 1.54) is 4.31 Å². The smallest absolute Gasteiger partial charge is 0.243 e. The van der Waals surface area contributed by atoms with Gasteiger partial charge in [0.2, 0.25) is 15.9 Å². The minimum absolute atomic E-state index is 0.0299. The lowest BCUT2D eigenvalue weighted by molar-refractivity contribution is -0.126. The molecular weight excluding hydrogens is 432 g/mol. The first-order chi connectivity index (χ1) is 15.8. The van der Waals surface area contributed by atoms with Crippen LogP contribution in [0.4, 0.5) is 0 Å². The maximum atomic E-state index is 13.2. The Morgan fingerprint density at radius 3 is 2.12 bits per heavy atom. The number of carbonyl (C=O) groups is 1. The van der Waals surface area contributed by atoms with Crippen LogP contribution >= 0.6 is 0 Å². The van der Waals surface area contributed by atoms with Gasteiger partial charge in [0.1, 0.15) is 0 Å².